The Morgan fingerprint density at radius 2 is 1.75 bits per heavy atom. The van der Waals surface area contributed by atoms with E-state index in [0.29, 0.717) is 38.5 Å². The van der Waals surface area contributed by atoms with Gasteiger partial charge in [0.15, 0.2) is 16.3 Å². The fraction of sp³-hybridized carbons (Fsp3) is 0.194. The molecule has 2 aromatic heterocycles. The lowest BCUT2D eigenvalue weighted by molar-refractivity contribution is -0.136. The predicted octanol–water partition coefficient (Wildman–Crippen LogP) is 4.59. The summed E-state index contributed by atoms with van der Waals surface area (Å²) in [5, 5.41) is 4.90. The van der Waals surface area contributed by atoms with E-state index in [9.17, 15) is 14.4 Å². The van der Waals surface area contributed by atoms with Gasteiger partial charge in [0.2, 0.25) is 0 Å². The molecule has 0 saturated heterocycles. The van der Waals surface area contributed by atoms with Crippen molar-refractivity contribution in [2.24, 2.45) is 4.99 Å². The average Bonchev–Trinajstić information content (AvgIpc) is 3.65. The molecule has 244 valence electrons. The molecule has 12 heteroatoms. The highest BCUT2D eigenvalue weighted by atomic mass is 32.1. The summed E-state index contributed by atoms with van der Waals surface area (Å²) in [5.41, 5.74) is 3.87. The van der Waals surface area contributed by atoms with E-state index >= 15 is 0 Å². The molecule has 5 aromatic rings. The van der Waals surface area contributed by atoms with Crippen molar-refractivity contribution in [1.29, 1.82) is 0 Å². The first kappa shape index (κ1) is 32.2. The second-order valence-corrected chi connectivity index (χ2v) is 11.8. The standard InChI is InChI=1S/C36H32N4O7S/c1-6-46-27-15-12-23(13-16-27)32-25(20-39(38-32)26-10-8-7-9-11-26)19-30-34(42)40-33(31(35(43)45-5)21(2)37-36(40)48-30)24-14-17-28(47-22(3)41)29(18-24)44-4/h7-20,33H,6H2,1-5H3/b30-19+. The third-order valence-corrected chi connectivity index (χ3v) is 8.66. The number of hydrogen-bond donors (Lipinski definition) is 0. The minimum absolute atomic E-state index is 0.200. The fourth-order valence-corrected chi connectivity index (χ4v) is 6.59. The first-order chi connectivity index (χ1) is 23.2. The van der Waals surface area contributed by atoms with Crippen molar-refractivity contribution in [3.63, 3.8) is 0 Å². The molecule has 0 amide bonds. The SMILES string of the molecule is CCOc1ccc(-c2nn(-c3ccccc3)cc2/C=c2/sc3n(c2=O)C(c2ccc(OC(C)=O)c(OC)c2)C(C(=O)OC)=C(C)N=3)cc1. The van der Waals surface area contributed by atoms with Crippen LogP contribution in [0.2, 0.25) is 0 Å². The lowest BCUT2D eigenvalue weighted by atomic mass is 9.95. The van der Waals surface area contributed by atoms with Gasteiger partial charge >= 0.3 is 11.9 Å². The van der Waals surface area contributed by atoms with Crippen molar-refractivity contribution in [2.45, 2.75) is 26.8 Å². The van der Waals surface area contributed by atoms with Crippen LogP contribution in [0.5, 0.6) is 17.2 Å². The van der Waals surface area contributed by atoms with Gasteiger partial charge in [-0.3, -0.25) is 14.2 Å². The molecule has 0 spiro atoms. The number of nitrogens with zero attached hydrogens (tertiary/aromatic N) is 4. The van der Waals surface area contributed by atoms with Gasteiger partial charge in [-0.05, 0) is 74.0 Å². The Kier molecular flexibility index (Phi) is 9.08. The zero-order valence-corrected chi connectivity index (χ0v) is 27.7. The molecule has 1 aliphatic rings. The number of hydrogen-bond acceptors (Lipinski definition) is 10. The van der Waals surface area contributed by atoms with E-state index in [1.54, 1.807) is 35.9 Å². The van der Waals surface area contributed by atoms with E-state index in [0.717, 1.165) is 17.0 Å². The van der Waals surface area contributed by atoms with Crippen LogP contribution in [0.4, 0.5) is 0 Å². The van der Waals surface area contributed by atoms with Crippen molar-refractivity contribution < 1.29 is 28.5 Å². The van der Waals surface area contributed by atoms with E-state index in [1.807, 2.05) is 67.7 Å². The predicted molar refractivity (Wildman–Crippen MR) is 180 cm³/mol. The molecule has 0 N–H and O–H groups in total. The van der Waals surface area contributed by atoms with Crippen LogP contribution in [-0.2, 0) is 14.3 Å². The number of esters is 2. The molecule has 0 saturated carbocycles. The summed E-state index contributed by atoms with van der Waals surface area (Å²) >= 11 is 1.20. The fourth-order valence-electron chi connectivity index (χ4n) is 5.55. The van der Waals surface area contributed by atoms with Gasteiger partial charge in [0.1, 0.15) is 11.4 Å². The van der Waals surface area contributed by atoms with Gasteiger partial charge in [0.05, 0.1) is 48.4 Å². The van der Waals surface area contributed by atoms with Crippen LogP contribution in [0, 0.1) is 0 Å². The summed E-state index contributed by atoms with van der Waals surface area (Å²) in [7, 11) is 2.72. The van der Waals surface area contributed by atoms with Crippen LogP contribution in [0.25, 0.3) is 23.0 Å². The number of methoxy groups -OCH3 is 2. The first-order valence-corrected chi connectivity index (χ1v) is 15.9. The number of thiazole rings is 1. The highest BCUT2D eigenvalue weighted by Gasteiger charge is 2.34. The number of fused-ring (bicyclic) bond motifs is 1. The van der Waals surface area contributed by atoms with Crippen LogP contribution in [0.15, 0.2) is 100 Å². The van der Waals surface area contributed by atoms with Crippen molar-refractivity contribution in [3.8, 4) is 34.2 Å². The number of carbonyl (C=O) groups excluding carboxylic acids is 2. The summed E-state index contributed by atoms with van der Waals surface area (Å²) in [6, 6.07) is 21.3. The van der Waals surface area contributed by atoms with E-state index < -0.39 is 18.0 Å². The van der Waals surface area contributed by atoms with Crippen LogP contribution >= 0.6 is 11.3 Å². The second kappa shape index (κ2) is 13.5. The number of para-hydroxylation sites is 1. The number of allylic oxidation sites excluding steroid dienone is 1. The first-order valence-electron chi connectivity index (χ1n) is 15.1. The number of benzene rings is 3. The largest absolute Gasteiger partial charge is 0.494 e. The molecule has 1 atom stereocenters. The van der Waals surface area contributed by atoms with Gasteiger partial charge in [-0.2, -0.15) is 5.10 Å². The van der Waals surface area contributed by atoms with Crippen molar-refractivity contribution >= 4 is 29.4 Å². The Morgan fingerprint density at radius 1 is 1.00 bits per heavy atom. The van der Waals surface area contributed by atoms with Crippen molar-refractivity contribution in [1.82, 2.24) is 14.3 Å². The minimum Gasteiger partial charge on any atom is -0.494 e. The molecular formula is C36H32N4O7S. The molecule has 3 aromatic carbocycles. The molecule has 6 rings (SSSR count). The number of ether oxygens (including phenoxy) is 4. The molecule has 0 fully saturated rings. The normalized spacial score (nSPS) is 14.3. The quantitative estimate of drug-likeness (QED) is 0.166. The van der Waals surface area contributed by atoms with Gasteiger partial charge < -0.3 is 18.9 Å². The Balaban J connectivity index is 1.54. The van der Waals surface area contributed by atoms with Gasteiger partial charge in [-0.15, -0.1) is 0 Å². The third kappa shape index (κ3) is 6.17. The van der Waals surface area contributed by atoms with Gasteiger partial charge in [0, 0.05) is 24.2 Å². The number of rotatable bonds is 9. The summed E-state index contributed by atoms with van der Waals surface area (Å²) < 4.78 is 25.2. The van der Waals surface area contributed by atoms with Crippen molar-refractivity contribution in [3.05, 3.63) is 121 Å². The van der Waals surface area contributed by atoms with Gasteiger partial charge in [-0.25, -0.2) is 14.5 Å². The van der Waals surface area contributed by atoms with Crippen LogP contribution in [0.1, 0.15) is 37.9 Å². The Morgan fingerprint density at radius 3 is 2.42 bits per heavy atom. The number of carbonyl (C=O) groups is 2. The maximum absolute atomic E-state index is 14.3. The summed E-state index contributed by atoms with van der Waals surface area (Å²) in [5.74, 6) is 0.0735. The monoisotopic (exact) mass is 664 g/mol. The molecule has 1 unspecified atom stereocenters. The van der Waals surface area contributed by atoms with Gasteiger partial charge in [-0.1, -0.05) is 35.6 Å². The van der Waals surface area contributed by atoms with E-state index in [2.05, 4.69) is 4.99 Å². The summed E-state index contributed by atoms with van der Waals surface area (Å²) in [6.45, 7) is 5.47. The lowest BCUT2D eigenvalue weighted by Gasteiger charge is -2.25. The zero-order valence-electron chi connectivity index (χ0n) is 26.9. The minimum atomic E-state index is -0.895. The molecule has 3 heterocycles. The molecular weight excluding hydrogens is 632 g/mol. The topological polar surface area (TPSA) is 123 Å². The molecule has 1 aliphatic heterocycles. The van der Waals surface area contributed by atoms with Crippen molar-refractivity contribution in [2.75, 3.05) is 20.8 Å². The molecule has 0 bridgehead atoms. The molecule has 0 radical (unpaired) electrons. The maximum Gasteiger partial charge on any atom is 0.338 e. The molecule has 48 heavy (non-hydrogen) atoms. The van der Waals surface area contributed by atoms with Crippen LogP contribution in [-0.4, -0.2) is 47.1 Å². The highest BCUT2D eigenvalue weighted by Crippen LogP contribution is 2.36. The smallest absolute Gasteiger partial charge is 0.338 e. The summed E-state index contributed by atoms with van der Waals surface area (Å²) in [6.07, 6.45) is 3.67. The second-order valence-electron chi connectivity index (χ2n) is 10.7. The Bertz CT molecular complexity index is 2230. The van der Waals surface area contributed by atoms with E-state index in [-0.39, 0.29) is 22.6 Å². The highest BCUT2D eigenvalue weighted by molar-refractivity contribution is 7.07. The lowest BCUT2D eigenvalue weighted by Crippen LogP contribution is -2.39. The zero-order chi connectivity index (χ0) is 33.9. The van der Waals surface area contributed by atoms with Crippen LogP contribution in [0.3, 0.4) is 0 Å². The molecule has 0 aliphatic carbocycles. The Hall–Kier alpha value is -5.75. The van der Waals surface area contributed by atoms with E-state index in [1.165, 1.54) is 37.0 Å². The van der Waals surface area contributed by atoms with Crippen LogP contribution < -0.4 is 29.1 Å². The molecule has 11 nitrogen and oxygen atoms in total. The van der Waals surface area contributed by atoms with E-state index in [4.69, 9.17) is 24.0 Å². The average molecular weight is 665 g/mol. The maximum atomic E-state index is 14.3. The van der Waals surface area contributed by atoms with Gasteiger partial charge in [0.25, 0.3) is 5.56 Å². The number of aromatic nitrogens is 3. The summed E-state index contributed by atoms with van der Waals surface area (Å²) in [4.78, 5) is 44.2. The Labute approximate surface area is 279 Å². The third-order valence-electron chi connectivity index (χ3n) is 7.67.